The minimum absolute atomic E-state index is 0.341. The Morgan fingerprint density at radius 1 is 1.00 bits per heavy atom. The first-order valence-electron chi connectivity index (χ1n) is 6.87. The van der Waals surface area contributed by atoms with Crippen LogP contribution in [0.25, 0.3) is 11.0 Å². The molecule has 0 radical (unpaired) electrons. The molecular formula is C18H14O4. The Morgan fingerprint density at radius 3 is 2.55 bits per heavy atom. The van der Waals surface area contributed by atoms with Crippen molar-refractivity contribution in [2.75, 3.05) is 0 Å². The van der Waals surface area contributed by atoms with Crippen molar-refractivity contribution in [3.8, 4) is 5.75 Å². The molecular weight excluding hydrogens is 280 g/mol. The molecule has 0 aliphatic carbocycles. The first-order chi connectivity index (χ1) is 10.5. The van der Waals surface area contributed by atoms with Gasteiger partial charge in [-0.15, -0.1) is 0 Å². The van der Waals surface area contributed by atoms with E-state index in [-0.39, 0.29) is 0 Å². The van der Waals surface area contributed by atoms with Gasteiger partial charge in [-0.05, 0) is 43.7 Å². The molecule has 1 aromatic heterocycles. The predicted octanol–water partition coefficient (Wildman–Crippen LogP) is 3.63. The maximum atomic E-state index is 12.2. The summed E-state index contributed by atoms with van der Waals surface area (Å²) in [7, 11) is 0. The first kappa shape index (κ1) is 14.1. The maximum absolute atomic E-state index is 12.2. The maximum Gasteiger partial charge on any atom is 0.343 e. The quantitative estimate of drug-likeness (QED) is 0.411. The molecule has 0 saturated heterocycles. The summed E-state index contributed by atoms with van der Waals surface area (Å²) in [5.41, 5.74) is 1.89. The highest BCUT2D eigenvalue weighted by Gasteiger charge is 2.12. The fraction of sp³-hybridized carbons (Fsp3) is 0.111. The summed E-state index contributed by atoms with van der Waals surface area (Å²) in [6, 6.07) is 13.9. The number of carbonyl (C=O) groups is 1. The molecule has 0 atom stereocenters. The summed E-state index contributed by atoms with van der Waals surface area (Å²) in [5, 5.41) is 0.785. The smallest absolute Gasteiger partial charge is 0.343 e. The molecule has 0 aliphatic heterocycles. The molecule has 0 unspecified atom stereocenters. The van der Waals surface area contributed by atoms with E-state index in [0.29, 0.717) is 22.5 Å². The largest absolute Gasteiger partial charge is 0.423 e. The molecule has 0 amide bonds. The van der Waals surface area contributed by atoms with Gasteiger partial charge in [0.15, 0.2) is 0 Å². The topological polar surface area (TPSA) is 56.5 Å². The highest BCUT2D eigenvalue weighted by Crippen LogP contribution is 2.21. The molecule has 1 heterocycles. The Bertz CT molecular complexity index is 922. The van der Waals surface area contributed by atoms with Crippen LogP contribution in [0.15, 0.2) is 57.7 Å². The van der Waals surface area contributed by atoms with Crippen molar-refractivity contribution in [1.29, 1.82) is 0 Å². The van der Waals surface area contributed by atoms with Crippen LogP contribution in [-0.4, -0.2) is 5.97 Å². The lowest BCUT2D eigenvalue weighted by Gasteiger charge is -2.07. The SMILES string of the molecule is Cc1ccccc1C(=O)Oc1ccc2cc(C)c(=O)oc2c1. The van der Waals surface area contributed by atoms with Gasteiger partial charge in [-0.1, -0.05) is 18.2 Å². The fourth-order valence-corrected chi connectivity index (χ4v) is 2.22. The van der Waals surface area contributed by atoms with Crippen LogP contribution in [0.5, 0.6) is 5.75 Å². The molecule has 4 nitrogen and oxygen atoms in total. The van der Waals surface area contributed by atoms with Gasteiger partial charge in [0, 0.05) is 17.0 Å². The Kier molecular flexibility index (Phi) is 3.51. The van der Waals surface area contributed by atoms with Crippen molar-refractivity contribution in [3.05, 3.63) is 75.6 Å². The first-order valence-corrected chi connectivity index (χ1v) is 6.87. The molecule has 22 heavy (non-hydrogen) atoms. The summed E-state index contributed by atoms with van der Waals surface area (Å²) >= 11 is 0. The molecule has 0 N–H and O–H groups in total. The number of rotatable bonds is 2. The molecule has 110 valence electrons. The van der Waals surface area contributed by atoms with Gasteiger partial charge in [0.2, 0.25) is 0 Å². The number of fused-ring (bicyclic) bond motifs is 1. The number of aryl methyl sites for hydroxylation is 2. The molecule has 2 aromatic carbocycles. The van der Waals surface area contributed by atoms with E-state index in [2.05, 4.69) is 0 Å². The van der Waals surface area contributed by atoms with E-state index in [9.17, 15) is 9.59 Å². The van der Waals surface area contributed by atoms with Crippen LogP contribution in [0, 0.1) is 13.8 Å². The third kappa shape index (κ3) is 2.63. The number of esters is 1. The van der Waals surface area contributed by atoms with E-state index in [1.165, 1.54) is 0 Å². The van der Waals surface area contributed by atoms with Crippen LogP contribution in [0.3, 0.4) is 0 Å². The van der Waals surface area contributed by atoms with E-state index in [1.54, 1.807) is 43.3 Å². The Labute approximate surface area is 127 Å². The van der Waals surface area contributed by atoms with Gasteiger partial charge in [-0.25, -0.2) is 9.59 Å². The zero-order valence-electron chi connectivity index (χ0n) is 12.3. The van der Waals surface area contributed by atoms with Crippen molar-refractivity contribution < 1.29 is 13.9 Å². The monoisotopic (exact) mass is 294 g/mol. The van der Waals surface area contributed by atoms with Gasteiger partial charge in [0.05, 0.1) is 5.56 Å². The van der Waals surface area contributed by atoms with Crippen molar-refractivity contribution in [2.45, 2.75) is 13.8 Å². The van der Waals surface area contributed by atoms with Crippen LogP contribution in [0.1, 0.15) is 21.5 Å². The van der Waals surface area contributed by atoms with Crippen molar-refractivity contribution in [3.63, 3.8) is 0 Å². The van der Waals surface area contributed by atoms with Crippen LogP contribution < -0.4 is 10.4 Å². The van der Waals surface area contributed by atoms with E-state index < -0.39 is 11.6 Å². The Balaban J connectivity index is 1.94. The van der Waals surface area contributed by atoms with E-state index >= 15 is 0 Å². The zero-order chi connectivity index (χ0) is 15.7. The van der Waals surface area contributed by atoms with E-state index in [0.717, 1.165) is 10.9 Å². The number of hydrogen-bond donors (Lipinski definition) is 0. The molecule has 0 spiro atoms. The summed E-state index contributed by atoms with van der Waals surface area (Å²) in [4.78, 5) is 23.7. The van der Waals surface area contributed by atoms with Gasteiger partial charge < -0.3 is 9.15 Å². The highest BCUT2D eigenvalue weighted by molar-refractivity contribution is 5.93. The molecule has 0 aliphatic rings. The second kappa shape index (κ2) is 5.48. The summed E-state index contributed by atoms with van der Waals surface area (Å²) in [6.07, 6.45) is 0. The molecule has 3 rings (SSSR count). The number of benzene rings is 2. The highest BCUT2D eigenvalue weighted by atomic mass is 16.5. The van der Waals surface area contributed by atoms with Crippen LogP contribution in [0.4, 0.5) is 0 Å². The predicted molar refractivity (Wildman–Crippen MR) is 83.4 cm³/mol. The minimum atomic E-state index is -0.438. The average molecular weight is 294 g/mol. The minimum Gasteiger partial charge on any atom is -0.423 e. The molecule has 0 fully saturated rings. The van der Waals surface area contributed by atoms with Crippen LogP contribution in [-0.2, 0) is 0 Å². The van der Waals surface area contributed by atoms with E-state index in [1.807, 2.05) is 19.1 Å². The van der Waals surface area contributed by atoms with Crippen molar-refractivity contribution in [1.82, 2.24) is 0 Å². The number of ether oxygens (including phenoxy) is 1. The third-order valence-electron chi connectivity index (χ3n) is 3.46. The lowest BCUT2D eigenvalue weighted by Crippen LogP contribution is -2.10. The van der Waals surface area contributed by atoms with Gasteiger partial charge in [0.25, 0.3) is 0 Å². The van der Waals surface area contributed by atoms with Gasteiger partial charge >= 0.3 is 11.6 Å². The zero-order valence-corrected chi connectivity index (χ0v) is 12.3. The lowest BCUT2D eigenvalue weighted by molar-refractivity contribution is 0.0734. The second-order valence-corrected chi connectivity index (χ2v) is 5.12. The van der Waals surface area contributed by atoms with Crippen LogP contribution in [0.2, 0.25) is 0 Å². The number of carbonyl (C=O) groups excluding carboxylic acids is 1. The Hall–Kier alpha value is -2.88. The average Bonchev–Trinajstić information content (AvgIpc) is 2.49. The van der Waals surface area contributed by atoms with Crippen molar-refractivity contribution in [2.24, 2.45) is 0 Å². The van der Waals surface area contributed by atoms with Crippen LogP contribution >= 0.6 is 0 Å². The number of hydrogen-bond acceptors (Lipinski definition) is 4. The standard InChI is InChI=1S/C18H14O4/c1-11-5-3-4-6-15(11)18(20)21-14-8-7-13-9-12(2)17(19)22-16(13)10-14/h3-10H,1-2H3. The molecule has 4 heteroatoms. The molecule has 3 aromatic rings. The normalized spacial score (nSPS) is 10.6. The molecule has 0 bridgehead atoms. The second-order valence-electron chi connectivity index (χ2n) is 5.12. The summed E-state index contributed by atoms with van der Waals surface area (Å²) < 4.78 is 10.6. The molecule has 0 saturated carbocycles. The summed E-state index contributed by atoms with van der Waals surface area (Å²) in [5.74, 6) is -0.0975. The van der Waals surface area contributed by atoms with E-state index in [4.69, 9.17) is 9.15 Å². The summed E-state index contributed by atoms with van der Waals surface area (Å²) in [6.45, 7) is 3.54. The lowest BCUT2D eigenvalue weighted by atomic mass is 10.1. The van der Waals surface area contributed by atoms with Gasteiger partial charge in [-0.2, -0.15) is 0 Å². The Morgan fingerprint density at radius 2 is 1.77 bits per heavy atom. The van der Waals surface area contributed by atoms with Crippen molar-refractivity contribution >= 4 is 16.9 Å². The van der Waals surface area contributed by atoms with Gasteiger partial charge in [-0.3, -0.25) is 0 Å². The fourth-order valence-electron chi connectivity index (χ4n) is 2.22. The third-order valence-corrected chi connectivity index (χ3v) is 3.46. The van der Waals surface area contributed by atoms with Gasteiger partial charge in [0.1, 0.15) is 11.3 Å².